The molecule has 45 heavy (non-hydrogen) atoms. The van der Waals surface area contributed by atoms with Gasteiger partial charge in [-0.15, -0.1) is 0 Å². The summed E-state index contributed by atoms with van der Waals surface area (Å²) in [4.78, 5) is 54.9. The van der Waals surface area contributed by atoms with Crippen molar-refractivity contribution in [3.8, 4) is 5.75 Å². The summed E-state index contributed by atoms with van der Waals surface area (Å²) in [5, 5.41) is 15.8. The van der Waals surface area contributed by atoms with Crippen LogP contribution >= 0.6 is 0 Å². The molecular weight excluding hydrogens is 574 g/mol. The second kappa shape index (κ2) is 18.7. The third-order valence-electron chi connectivity index (χ3n) is 7.09. The summed E-state index contributed by atoms with van der Waals surface area (Å²) < 4.78 is 10.5. The van der Waals surface area contributed by atoms with Crippen molar-refractivity contribution in [1.29, 1.82) is 0 Å². The quantitative estimate of drug-likeness (QED) is 0.151. The predicted molar refractivity (Wildman–Crippen MR) is 174 cm³/mol. The van der Waals surface area contributed by atoms with Crippen LogP contribution in [0, 0.1) is 6.92 Å². The minimum absolute atomic E-state index is 0.0212. The van der Waals surface area contributed by atoms with Gasteiger partial charge >= 0.3 is 12.1 Å². The molecule has 3 N–H and O–H groups in total. The fraction of sp³-hybridized carbons (Fsp3) is 0.543. The standard InChI is InChI=1S/C35H51N3O7/c1-7-9-10-11-15-22-38(33(42)28(24-26-16-13-12-14-17-26)37-34(43)45-35(4,5)6)31(27-18-19-29(39)25(3)23-27)32(41)36-21-20-30(40)44-8-2/h12-14,16-19,23,28,31,39H,7-11,15,20-22,24H2,1-6H3,(H,36,41)(H,37,43). The zero-order chi connectivity index (χ0) is 33.4. The predicted octanol–water partition coefficient (Wildman–Crippen LogP) is 5.75. The zero-order valence-corrected chi connectivity index (χ0v) is 27.7. The highest BCUT2D eigenvalue weighted by atomic mass is 16.6. The number of rotatable bonds is 17. The van der Waals surface area contributed by atoms with Crippen molar-refractivity contribution in [1.82, 2.24) is 15.5 Å². The second-order valence-corrected chi connectivity index (χ2v) is 12.1. The molecule has 248 valence electrons. The molecule has 0 spiro atoms. The Morgan fingerprint density at radius 1 is 0.956 bits per heavy atom. The van der Waals surface area contributed by atoms with Crippen molar-refractivity contribution < 1.29 is 33.8 Å². The second-order valence-electron chi connectivity index (χ2n) is 12.1. The monoisotopic (exact) mass is 625 g/mol. The molecule has 0 aliphatic heterocycles. The first-order valence-corrected chi connectivity index (χ1v) is 15.9. The number of ether oxygens (including phenoxy) is 2. The first-order chi connectivity index (χ1) is 21.4. The van der Waals surface area contributed by atoms with Crippen LogP contribution < -0.4 is 10.6 Å². The van der Waals surface area contributed by atoms with Crippen LogP contribution in [0.2, 0.25) is 0 Å². The molecule has 2 aromatic rings. The minimum Gasteiger partial charge on any atom is -0.508 e. The average Bonchev–Trinajstić information content (AvgIpc) is 2.97. The molecule has 0 saturated carbocycles. The summed E-state index contributed by atoms with van der Waals surface area (Å²) in [6.45, 7) is 11.3. The largest absolute Gasteiger partial charge is 0.508 e. The summed E-state index contributed by atoms with van der Waals surface area (Å²) in [5.74, 6) is -1.31. The van der Waals surface area contributed by atoms with Gasteiger partial charge in [0.05, 0.1) is 13.0 Å². The van der Waals surface area contributed by atoms with E-state index in [-0.39, 0.29) is 38.3 Å². The molecule has 0 fully saturated rings. The Morgan fingerprint density at radius 2 is 1.64 bits per heavy atom. The number of nitrogens with one attached hydrogen (secondary N) is 2. The van der Waals surface area contributed by atoms with Gasteiger partial charge in [0.2, 0.25) is 11.8 Å². The number of esters is 1. The van der Waals surface area contributed by atoms with E-state index in [1.165, 1.54) is 11.0 Å². The third-order valence-corrected chi connectivity index (χ3v) is 7.09. The molecule has 0 bridgehead atoms. The number of carbonyl (C=O) groups is 4. The number of hydrogen-bond donors (Lipinski definition) is 3. The first-order valence-electron chi connectivity index (χ1n) is 15.9. The van der Waals surface area contributed by atoms with Gasteiger partial charge in [0, 0.05) is 19.5 Å². The number of amides is 3. The number of phenols is 1. The summed E-state index contributed by atoms with van der Waals surface area (Å²) in [7, 11) is 0. The maximum Gasteiger partial charge on any atom is 0.408 e. The summed E-state index contributed by atoms with van der Waals surface area (Å²) in [6, 6.07) is 12.0. The van der Waals surface area contributed by atoms with Gasteiger partial charge in [0.25, 0.3) is 0 Å². The van der Waals surface area contributed by atoms with Crippen molar-refractivity contribution in [3.05, 3.63) is 65.2 Å². The van der Waals surface area contributed by atoms with Crippen LogP contribution in [-0.4, -0.2) is 65.2 Å². The van der Waals surface area contributed by atoms with Crippen molar-refractivity contribution in [2.24, 2.45) is 0 Å². The number of phenolic OH excluding ortho intramolecular Hbond substituents is 1. The van der Waals surface area contributed by atoms with E-state index >= 15 is 0 Å². The number of aromatic hydroxyl groups is 1. The van der Waals surface area contributed by atoms with Crippen LogP contribution in [0.25, 0.3) is 0 Å². The van der Waals surface area contributed by atoms with Gasteiger partial charge in [0.15, 0.2) is 0 Å². The molecule has 2 rings (SSSR count). The lowest BCUT2D eigenvalue weighted by atomic mass is 9.98. The van der Waals surface area contributed by atoms with Crippen molar-refractivity contribution in [2.75, 3.05) is 19.7 Å². The molecule has 0 heterocycles. The Labute approximate surface area is 267 Å². The highest BCUT2D eigenvalue weighted by Gasteiger charge is 2.36. The van der Waals surface area contributed by atoms with Crippen molar-refractivity contribution >= 4 is 23.9 Å². The SMILES string of the molecule is CCCCCCCN(C(=O)C(Cc1ccccc1)NC(=O)OC(C)(C)C)C(C(=O)NCCC(=O)OCC)c1ccc(O)c(C)c1. The number of alkyl carbamates (subject to hydrolysis) is 1. The van der Waals surface area contributed by atoms with E-state index in [1.54, 1.807) is 46.8 Å². The molecule has 0 radical (unpaired) electrons. The van der Waals surface area contributed by atoms with E-state index in [0.29, 0.717) is 17.5 Å². The molecule has 2 unspecified atom stereocenters. The summed E-state index contributed by atoms with van der Waals surface area (Å²) >= 11 is 0. The van der Waals surface area contributed by atoms with Gasteiger partial charge in [-0.25, -0.2) is 4.79 Å². The molecule has 3 amide bonds. The fourth-order valence-corrected chi connectivity index (χ4v) is 4.89. The third kappa shape index (κ3) is 13.2. The Balaban J connectivity index is 2.54. The molecule has 10 heteroatoms. The maximum atomic E-state index is 14.6. The number of unbranched alkanes of at least 4 members (excludes halogenated alkanes) is 4. The number of carbonyl (C=O) groups excluding carboxylic acids is 4. The molecule has 0 aromatic heterocycles. The van der Waals surface area contributed by atoms with Crippen molar-refractivity contribution in [2.45, 2.75) is 104 Å². The molecular formula is C35H51N3O7. The van der Waals surface area contributed by atoms with Crippen LogP contribution in [0.15, 0.2) is 48.5 Å². The van der Waals surface area contributed by atoms with Gasteiger partial charge in [-0.05, 0) is 69.9 Å². The molecule has 0 aliphatic rings. The van der Waals surface area contributed by atoms with Crippen LogP contribution in [0.3, 0.4) is 0 Å². The highest BCUT2D eigenvalue weighted by Crippen LogP contribution is 2.28. The number of benzene rings is 2. The van der Waals surface area contributed by atoms with E-state index in [9.17, 15) is 24.3 Å². The average molecular weight is 626 g/mol. The first kappa shape index (κ1) is 37.1. The minimum atomic E-state index is -1.09. The molecule has 0 aliphatic carbocycles. The van der Waals surface area contributed by atoms with E-state index in [0.717, 1.165) is 31.2 Å². The number of hydrogen-bond acceptors (Lipinski definition) is 7. The van der Waals surface area contributed by atoms with Crippen LogP contribution in [-0.2, 0) is 30.3 Å². The normalized spacial score (nSPS) is 12.5. The smallest absolute Gasteiger partial charge is 0.408 e. The number of nitrogens with zero attached hydrogens (tertiary/aromatic N) is 1. The van der Waals surface area contributed by atoms with Gasteiger partial charge in [-0.3, -0.25) is 14.4 Å². The Kier molecular flexibility index (Phi) is 15.4. The lowest BCUT2D eigenvalue weighted by Gasteiger charge is -2.35. The van der Waals surface area contributed by atoms with Crippen LogP contribution in [0.1, 0.15) is 95.9 Å². The Morgan fingerprint density at radius 3 is 2.27 bits per heavy atom. The topological polar surface area (TPSA) is 134 Å². The lowest BCUT2D eigenvalue weighted by Crippen LogP contribution is -2.54. The molecule has 2 aromatic carbocycles. The highest BCUT2D eigenvalue weighted by molar-refractivity contribution is 5.92. The van der Waals surface area contributed by atoms with Crippen LogP contribution in [0.5, 0.6) is 5.75 Å². The van der Waals surface area contributed by atoms with Crippen LogP contribution in [0.4, 0.5) is 4.79 Å². The van der Waals surface area contributed by atoms with E-state index in [2.05, 4.69) is 17.6 Å². The van der Waals surface area contributed by atoms with Gasteiger partial charge in [0.1, 0.15) is 23.4 Å². The maximum absolute atomic E-state index is 14.6. The van der Waals surface area contributed by atoms with Gasteiger partial charge in [-0.1, -0.05) is 69.0 Å². The zero-order valence-electron chi connectivity index (χ0n) is 27.7. The molecule has 10 nitrogen and oxygen atoms in total. The van der Waals surface area contributed by atoms with Gasteiger partial charge < -0.3 is 30.1 Å². The Hall–Kier alpha value is -4.08. The summed E-state index contributed by atoms with van der Waals surface area (Å²) in [6.07, 6.45) is 4.00. The van der Waals surface area contributed by atoms with Gasteiger partial charge in [-0.2, -0.15) is 0 Å². The van der Waals surface area contributed by atoms with Crippen molar-refractivity contribution in [3.63, 3.8) is 0 Å². The Bertz CT molecular complexity index is 1240. The van der Waals surface area contributed by atoms with E-state index < -0.39 is 41.6 Å². The lowest BCUT2D eigenvalue weighted by molar-refractivity contribution is -0.144. The van der Waals surface area contributed by atoms with E-state index in [4.69, 9.17) is 9.47 Å². The van der Waals surface area contributed by atoms with E-state index in [1.807, 2.05) is 30.3 Å². The molecule has 2 atom stereocenters. The number of aryl methyl sites for hydroxylation is 1. The molecule has 0 saturated heterocycles. The fourth-order valence-electron chi connectivity index (χ4n) is 4.89. The summed E-state index contributed by atoms with van der Waals surface area (Å²) in [5.41, 5.74) is 1.08.